The van der Waals surface area contributed by atoms with Crippen LogP contribution in [0.15, 0.2) is 36.5 Å². The van der Waals surface area contributed by atoms with Gasteiger partial charge in [-0.05, 0) is 50.6 Å². The van der Waals surface area contributed by atoms with E-state index in [0.29, 0.717) is 6.04 Å². The predicted molar refractivity (Wildman–Crippen MR) is 75.0 cm³/mol. The third-order valence-corrected chi connectivity index (χ3v) is 3.08. The van der Waals surface area contributed by atoms with Gasteiger partial charge in [-0.2, -0.15) is 5.10 Å². The van der Waals surface area contributed by atoms with Gasteiger partial charge in [0.1, 0.15) is 0 Å². The Balaban J connectivity index is 2.10. The Labute approximate surface area is 109 Å². The van der Waals surface area contributed by atoms with Crippen molar-refractivity contribution in [2.24, 2.45) is 0 Å². The maximum Gasteiger partial charge on any atom is 0.0645 e. The van der Waals surface area contributed by atoms with Gasteiger partial charge in [-0.25, -0.2) is 4.68 Å². The molecule has 0 aliphatic heterocycles. The van der Waals surface area contributed by atoms with Gasteiger partial charge in [-0.3, -0.25) is 0 Å². The molecule has 1 aromatic carbocycles. The number of hydrogen-bond acceptors (Lipinski definition) is 2. The molecule has 0 saturated carbocycles. The van der Waals surface area contributed by atoms with E-state index in [2.05, 4.69) is 48.5 Å². The Morgan fingerprint density at radius 3 is 2.50 bits per heavy atom. The van der Waals surface area contributed by atoms with Gasteiger partial charge in [0.05, 0.1) is 11.4 Å². The van der Waals surface area contributed by atoms with Crippen LogP contribution in [-0.2, 0) is 0 Å². The fourth-order valence-corrected chi connectivity index (χ4v) is 1.95. The minimum atomic E-state index is 0.401. The van der Waals surface area contributed by atoms with Crippen LogP contribution >= 0.6 is 0 Å². The van der Waals surface area contributed by atoms with Crippen molar-refractivity contribution in [1.29, 1.82) is 0 Å². The zero-order valence-electron chi connectivity index (χ0n) is 11.4. The summed E-state index contributed by atoms with van der Waals surface area (Å²) in [7, 11) is 0. The van der Waals surface area contributed by atoms with E-state index in [0.717, 1.165) is 24.3 Å². The number of rotatable bonds is 5. The van der Waals surface area contributed by atoms with E-state index in [1.807, 2.05) is 23.9 Å². The molecule has 1 N–H and O–H groups in total. The molecule has 0 bridgehead atoms. The molecule has 0 aliphatic carbocycles. The van der Waals surface area contributed by atoms with Crippen LogP contribution < -0.4 is 5.32 Å². The summed E-state index contributed by atoms with van der Waals surface area (Å²) in [6.07, 6.45) is 3.15. The number of benzene rings is 1. The molecule has 0 saturated heterocycles. The highest BCUT2D eigenvalue weighted by molar-refractivity contribution is 5.35. The van der Waals surface area contributed by atoms with Crippen molar-refractivity contribution in [3.05, 3.63) is 47.8 Å². The summed E-state index contributed by atoms with van der Waals surface area (Å²) < 4.78 is 1.91. The molecule has 0 radical (unpaired) electrons. The Hall–Kier alpha value is -1.61. The smallest absolute Gasteiger partial charge is 0.0645 e. The summed E-state index contributed by atoms with van der Waals surface area (Å²) in [6.45, 7) is 7.44. The van der Waals surface area contributed by atoms with E-state index in [4.69, 9.17) is 0 Å². The van der Waals surface area contributed by atoms with Crippen LogP contribution in [0.1, 0.15) is 37.6 Å². The van der Waals surface area contributed by atoms with Crippen LogP contribution in [0.4, 0.5) is 0 Å². The summed E-state index contributed by atoms with van der Waals surface area (Å²) in [5, 5.41) is 7.90. The molecule has 3 heteroatoms. The molecule has 0 aliphatic rings. The Bertz CT molecular complexity index is 485. The summed E-state index contributed by atoms with van der Waals surface area (Å²) in [5.74, 6) is 0. The maximum atomic E-state index is 4.41. The van der Waals surface area contributed by atoms with Crippen LogP contribution in [0.2, 0.25) is 0 Å². The number of hydrogen-bond donors (Lipinski definition) is 1. The van der Waals surface area contributed by atoms with Gasteiger partial charge in [-0.1, -0.05) is 19.1 Å². The van der Waals surface area contributed by atoms with Gasteiger partial charge in [0.2, 0.25) is 0 Å². The van der Waals surface area contributed by atoms with Gasteiger partial charge in [0.25, 0.3) is 0 Å². The molecule has 2 aromatic rings. The van der Waals surface area contributed by atoms with E-state index in [1.54, 1.807) is 0 Å². The van der Waals surface area contributed by atoms with Crippen molar-refractivity contribution in [3.8, 4) is 5.69 Å². The molecule has 18 heavy (non-hydrogen) atoms. The summed E-state index contributed by atoms with van der Waals surface area (Å²) in [6, 6.07) is 11.0. The fourth-order valence-electron chi connectivity index (χ4n) is 1.95. The monoisotopic (exact) mass is 243 g/mol. The normalized spacial score (nSPS) is 12.6. The quantitative estimate of drug-likeness (QED) is 0.873. The molecule has 2 rings (SSSR count). The predicted octanol–water partition coefficient (Wildman–Crippen LogP) is 3.24. The first-order chi connectivity index (χ1) is 8.70. The first kappa shape index (κ1) is 12.8. The molecule has 0 spiro atoms. The highest BCUT2D eigenvalue weighted by Gasteiger charge is 2.04. The first-order valence-electron chi connectivity index (χ1n) is 6.56. The second kappa shape index (κ2) is 5.83. The molecule has 96 valence electrons. The van der Waals surface area contributed by atoms with Crippen molar-refractivity contribution < 1.29 is 0 Å². The Kier molecular flexibility index (Phi) is 4.15. The van der Waals surface area contributed by atoms with E-state index in [-0.39, 0.29) is 0 Å². The zero-order valence-corrected chi connectivity index (χ0v) is 11.4. The van der Waals surface area contributed by atoms with Crippen LogP contribution in [-0.4, -0.2) is 16.3 Å². The highest BCUT2D eigenvalue weighted by atomic mass is 15.3. The SMILES string of the molecule is CCCNC(C)c1ccc(-n2ccc(C)n2)cc1. The molecular formula is C15H21N3. The maximum absolute atomic E-state index is 4.41. The van der Waals surface area contributed by atoms with E-state index >= 15 is 0 Å². The van der Waals surface area contributed by atoms with Crippen LogP contribution in [0.25, 0.3) is 5.69 Å². The minimum Gasteiger partial charge on any atom is -0.310 e. The lowest BCUT2D eigenvalue weighted by Crippen LogP contribution is -2.19. The lowest BCUT2D eigenvalue weighted by atomic mass is 10.1. The molecule has 0 fully saturated rings. The molecule has 1 unspecified atom stereocenters. The summed E-state index contributed by atoms with van der Waals surface area (Å²) in [4.78, 5) is 0. The van der Waals surface area contributed by atoms with Crippen LogP contribution in [0.3, 0.4) is 0 Å². The zero-order chi connectivity index (χ0) is 13.0. The third-order valence-electron chi connectivity index (χ3n) is 3.08. The molecule has 1 atom stereocenters. The topological polar surface area (TPSA) is 29.9 Å². The molecule has 3 nitrogen and oxygen atoms in total. The largest absolute Gasteiger partial charge is 0.310 e. The molecule has 1 heterocycles. The van der Waals surface area contributed by atoms with Crippen LogP contribution in [0, 0.1) is 6.92 Å². The standard InChI is InChI=1S/C15H21N3/c1-4-10-16-13(3)14-5-7-15(8-6-14)18-11-9-12(2)17-18/h5-9,11,13,16H,4,10H2,1-3H3. The minimum absolute atomic E-state index is 0.401. The lowest BCUT2D eigenvalue weighted by molar-refractivity contribution is 0.570. The second-order valence-electron chi connectivity index (χ2n) is 4.67. The Morgan fingerprint density at radius 1 is 1.22 bits per heavy atom. The number of aryl methyl sites for hydroxylation is 1. The number of nitrogens with zero attached hydrogens (tertiary/aromatic N) is 2. The second-order valence-corrected chi connectivity index (χ2v) is 4.67. The molecular weight excluding hydrogens is 222 g/mol. The van der Waals surface area contributed by atoms with Crippen molar-refractivity contribution in [2.75, 3.05) is 6.54 Å². The summed E-state index contributed by atoms with van der Waals surface area (Å²) in [5.41, 5.74) is 3.46. The van der Waals surface area contributed by atoms with Gasteiger partial charge in [0, 0.05) is 12.2 Å². The van der Waals surface area contributed by atoms with Crippen molar-refractivity contribution >= 4 is 0 Å². The van der Waals surface area contributed by atoms with Crippen molar-refractivity contribution in [3.63, 3.8) is 0 Å². The third kappa shape index (κ3) is 2.99. The number of nitrogens with one attached hydrogen (secondary N) is 1. The van der Waals surface area contributed by atoms with Gasteiger partial charge in [0.15, 0.2) is 0 Å². The van der Waals surface area contributed by atoms with Gasteiger partial charge < -0.3 is 5.32 Å². The fraction of sp³-hybridized carbons (Fsp3) is 0.400. The van der Waals surface area contributed by atoms with Gasteiger partial charge >= 0.3 is 0 Å². The van der Waals surface area contributed by atoms with Crippen molar-refractivity contribution in [2.45, 2.75) is 33.2 Å². The molecule has 1 aromatic heterocycles. The highest BCUT2D eigenvalue weighted by Crippen LogP contribution is 2.15. The average molecular weight is 243 g/mol. The summed E-state index contributed by atoms with van der Waals surface area (Å²) >= 11 is 0. The average Bonchev–Trinajstić information content (AvgIpc) is 2.83. The van der Waals surface area contributed by atoms with E-state index in [1.165, 1.54) is 5.56 Å². The van der Waals surface area contributed by atoms with Crippen LogP contribution in [0.5, 0.6) is 0 Å². The first-order valence-corrected chi connectivity index (χ1v) is 6.56. The lowest BCUT2D eigenvalue weighted by Gasteiger charge is -2.14. The van der Waals surface area contributed by atoms with Gasteiger partial charge in [-0.15, -0.1) is 0 Å². The van der Waals surface area contributed by atoms with E-state index < -0.39 is 0 Å². The molecule has 0 amide bonds. The van der Waals surface area contributed by atoms with E-state index in [9.17, 15) is 0 Å². The Morgan fingerprint density at radius 2 is 1.94 bits per heavy atom. The number of aromatic nitrogens is 2. The van der Waals surface area contributed by atoms with Crippen molar-refractivity contribution in [1.82, 2.24) is 15.1 Å².